The molecule has 7 nitrogen and oxygen atoms in total. The molecule has 0 saturated carbocycles. The molecule has 0 saturated heterocycles. The summed E-state index contributed by atoms with van der Waals surface area (Å²) in [7, 11) is -4.00. The molecule has 3 aromatic rings. The smallest absolute Gasteiger partial charge is 0.344 e. The van der Waals surface area contributed by atoms with E-state index in [0.717, 1.165) is 9.87 Å². The molecular weight excluding hydrogens is 457 g/mol. The van der Waals surface area contributed by atoms with Gasteiger partial charge in [-0.25, -0.2) is 4.39 Å². The van der Waals surface area contributed by atoms with E-state index in [0.29, 0.717) is 23.6 Å². The first-order chi connectivity index (χ1) is 16.3. The van der Waals surface area contributed by atoms with Gasteiger partial charge in [0.25, 0.3) is 5.91 Å². The summed E-state index contributed by atoms with van der Waals surface area (Å²) in [5.74, 6) is -0.280. The molecule has 0 atom stereocenters. The monoisotopic (exact) mass is 479 g/mol. The van der Waals surface area contributed by atoms with Crippen LogP contribution < -0.4 is 10.1 Å². The van der Waals surface area contributed by atoms with Crippen LogP contribution in [0.4, 0.5) is 10.1 Å². The van der Waals surface area contributed by atoms with Gasteiger partial charge in [-0.3, -0.25) is 9.10 Å². The van der Waals surface area contributed by atoms with Crippen molar-refractivity contribution in [3.63, 3.8) is 0 Å². The van der Waals surface area contributed by atoms with E-state index in [1.165, 1.54) is 37.4 Å². The second-order valence-corrected chi connectivity index (χ2v) is 9.17. The van der Waals surface area contributed by atoms with Crippen LogP contribution in [-0.4, -0.2) is 24.3 Å². The summed E-state index contributed by atoms with van der Waals surface area (Å²) in [6.07, 6.45) is 1.24. The lowest BCUT2D eigenvalue weighted by atomic mass is 10.1. The van der Waals surface area contributed by atoms with E-state index in [-0.39, 0.29) is 17.8 Å². The highest BCUT2D eigenvalue weighted by atomic mass is 32.2. The van der Waals surface area contributed by atoms with Crippen LogP contribution in [-0.2, 0) is 28.2 Å². The third kappa shape index (κ3) is 5.68. The van der Waals surface area contributed by atoms with Gasteiger partial charge in [0.05, 0.1) is 17.8 Å². The summed E-state index contributed by atoms with van der Waals surface area (Å²) in [6.45, 7) is 1.80. The van der Waals surface area contributed by atoms with E-state index in [1.807, 2.05) is 30.3 Å². The number of anilines is 1. The maximum Gasteiger partial charge on any atom is 0.344 e. The molecule has 1 aliphatic rings. The van der Waals surface area contributed by atoms with Crippen molar-refractivity contribution in [2.24, 2.45) is 4.40 Å². The van der Waals surface area contributed by atoms with Gasteiger partial charge < -0.3 is 10.1 Å². The zero-order valence-corrected chi connectivity index (χ0v) is 19.1. The van der Waals surface area contributed by atoms with Crippen molar-refractivity contribution in [1.82, 2.24) is 4.31 Å². The van der Waals surface area contributed by atoms with E-state index in [1.54, 1.807) is 24.3 Å². The maximum absolute atomic E-state index is 13.2. The fraction of sp³-hybridized carbons (Fsp3) is 0.120. The van der Waals surface area contributed by atoms with Gasteiger partial charge in [-0.1, -0.05) is 42.5 Å². The molecule has 0 bridgehead atoms. The average molecular weight is 480 g/mol. The van der Waals surface area contributed by atoms with Crippen molar-refractivity contribution in [3.05, 3.63) is 108 Å². The predicted octanol–water partition coefficient (Wildman–Crippen LogP) is 4.45. The van der Waals surface area contributed by atoms with Gasteiger partial charge in [-0.05, 0) is 54.4 Å². The summed E-state index contributed by atoms with van der Waals surface area (Å²) in [4.78, 5) is 12.9. The van der Waals surface area contributed by atoms with Crippen LogP contribution in [0, 0.1) is 5.82 Å². The number of carbonyl (C=O) groups excluding carboxylic acids is 1. The SMILES string of the molecule is CC1=NS(=O)(=O)N(Cc2ccc(F)cc2)C=C1C(=O)Nc1ccc(OCc2ccccc2)cc1. The van der Waals surface area contributed by atoms with E-state index in [4.69, 9.17) is 4.74 Å². The summed E-state index contributed by atoms with van der Waals surface area (Å²) >= 11 is 0. The molecule has 34 heavy (non-hydrogen) atoms. The molecule has 0 unspecified atom stereocenters. The highest BCUT2D eigenvalue weighted by Crippen LogP contribution is 2.22. The number of halogens is 1. The summed E-state index contributed by atoms with van der Waals surface area (Å²) in [5, 5.41) is 2.75. The molecule has 174 valence electrons. The Kier molecular flexibility index (Phi) is 6.74. The van der Waals surface area contributed by atoms with Crippen LogP contribution in [0.2, 0.25) is 0 Å². The van der Waals surface area contributed by atoms with Gasteiger partial charge in [0, 0.05) is 11.9 Å². The molecule has 1 N–H and O–H groups in total. The van der Waals surface area contributed by atoms with E-state index in [2.05, 4.69) is 9.71 Å². The molecule has 9 heteroatoms. The lowest BCUT2D eigenvalue weighted by Crippen LogP contribution is -2.32. The normalized spacial score (nSPS) is 14.7. The molecule has 4 rings (SSSR count). The van der Waals surface area contributed by atoms with Crippen LogP contribution in [0.5, 0.6) is 5.75 Å². The van der Waals surface area contributed by atoms with E-state index < -0.39 is 21.9 Å². The van der Waals surface area contributed by atoms with E-state index >= 15 is 0 Å². The Morgan fingerprint density at radius 1 is 0.971 bits per heavy atom. The fourth-order valence-corrected chi connectivity index (χ4v) is 4.37. The summed E-state index contributed by atoms with van der Waals surface area (Å²) in [6, 6.07) is 22.1. The van der Waals surface area contributed by atoms with Gasteiger partial charge in [0.2, 0.25) is 0 Å². The highest BCUT2D eigenvalue weighted by molar-refractivity contribution is 7.88. The molecule has 3 aromatic carbocycles. The molecule has 0 fully saturated rings. The van der Waals surface area contributed by atoms with Gasteiger partial charge in [-0.2, -0.15) is 8.42 Å². The third-order valence-corrected chi connectivity index (χ3v) is 6.40. The Morgan fingerprint density at radius 2 is 1.65 bits per heavy atom. The Morgan fingerprint density at radius 3 is 2.32 bits per heavy atom. The number of nitrogens with one attached hydrogen (secondary N) is 1. The van der Waals surface area contributed by atoms with Crippen LogP contribution in [0.1, 0.15) is 18.1 Å². The molecule has 0 aliphatic carbocycles. The molecule has 1 amide bonds. The number of rotatable bonds is 7. The number of hydrogen-bond donors (Lipinski definition) is 1. The second kappa shape index (κ2) is 9.88. The van der Waals surface area contributed by atoms with Gasteiger partial charge in [0.1, 0.15) is 18.2 Å². The van der Waals surface area contributed by atoms with Crippen molar-refractivity contribution in [2.45, 2.75) is 20.1 Å². The van der Waals surface area contributed by atoms with Crippen LogP contribution in [0.3, 0.4) is 0 Å². The quantitative estimate of drug-likeness (QED) is 0.542. The molecular formula is C25H22FN3O4S. The summed E-state index contributed by atoms with van der Waals surface area (Å²) < 4.78 is 48.5. The molecule has 1 aliphatic heterocycles. The molecule has 1 heterocycles. The second-order valence-electron chi connectivity index (χ2n) is 7.62. The molecule has 0 radical (unpaired) electrons. The topological polar surface area (TPSA) is 88.1 Å². The van der Waals surface area contributed by atoms with Gasteiger partial charge in [0.15, 0.2) is 0 Å². The number of nitrogens with zero attached hydrogens (tertiary/aromatic N) is 2. The maximum atomic E-state index is 13.2. The minimum Gasteiger partial charge on any atom is -0.489 e. The first-order valence-electron chi connectivity index (χ1n) is 10.4. The van der Waals surface area contributed by atoms with Gasteiger partial charge >= 0.3 is 10.2 Å². The standard InChI is InChI=1S/C25H22FN3O4S/c1-18-24(16-29(34(31,32)28-18)15-19-7-9-21(26)10-8-19)25(30)27-22-11-13-23(14-12-22)33-17-20-5-3-2-4-6-20/h2-14,16H,15,17H2,1H3,(H,27,30). The van der Waals surface area contributed by atoms with Gasteiger partial charge in [-0.15, -0.1) is 4.40 Å². The first kappa shape index (κ1) is 23.2. The lowest BCUT2D eigenvalue weighted by molar-refractivity contribution is -0.112. The van der Waals surface area contributed by atoms with Crippen LogP contribution in [0.25, 0.3) is 0 Å². The molecule has 0 spiro atoms. The Balaban J connectivity index is 1.44. The zero-order valence-electron chi connectivity index (χ0n) is 18.3. The van der Waals surface area contributed by atoms with Crippen LogP contribution >= 0.6 is 0 Å². The first-order valence-corrected chi connectivity index (χ1v) is 11.8. The van der Waals surface area contributed by atoms with Crippen molar-refractivity contribution in [1.29, 1.82) is 0 Å². The number of amides is 1. The van der Waals surface area contributed by atoms with Crippen molar-refractivity contribution < 1.29 is 22.3 Å². The molecule has 0 aromatic heterocycles. The average Bonchev–Trinajstić information content (AvgIpc) is 2.82. The minimum absolute atomic E-state index is 0.0793. The highest BCUT2D eigenvalue weighted by Gasteiger charge is 2.28. The van der Waals surface area contributed by atoms with E-state index in [9.17, 15) is 17.6 Å². The summed E-state index contributed by atoms with van der Waals surface area (Å²) in [5.41, 5.74) is 2.31. The Hall–Kier alpha value is -3.98. The number of benzene rings is 3. The van der Waals surface area contributed by atoms with Crippen LogP contribution in [0.15, 0.2) is 95.0 Å². The Labute approximate surface area is 197 Å². The number of carbonyl (C=O) groups is 1. The zero-order chi connectivity index (χ0) is 24.1. The minimum atomic E-state index is -4.00. The van der Waals surface area contributed by atoms with Crippen molar-refractivity contribution in [3.8, 4) is 5.75 Å². The predicted molar refractivity (Wildman–Crippen MR) is 128 cm³/mol. The van der Waals surface area contributed by atoms with Crippen molar-refractivity contribution >= 4 is 27.5 Å². The number of hydrogen-bond acceptors (Lipinski definition) is 4. The Bertz CT molecular complexity index is 1340. The van der Waals surface area contributed by atoms with Crippen molar-refractivity contribution in [2.75, 3.05) is 5.32 Å². The largest absolute Gasteiger partial charge is 0.489 e. The fourth-order valence-electron chi connectivity index (χ4n) is 3.27. The number of ether oxygens (including phenoxy) is 1. The third-order valence-electron chi connectivity index (χ3n) is 5.07. The lowest BCUT2D eigenvalue weighted by Gasteiger charge is -2.23.